The number of nitrogens with one attached hydrogen (secondary N) is 2. The van der Waals surface area contributed by atoms with Gasteiger partial charge in [-0.1, -0.05) is 42.5 Å². The van der Waals surface area contributed by atoms with Crippen molar-refractivity contribution in [3.05, 3.63) is 103 Å². The largest absolute Gasteiger partial charge is 0.319 e. The maximum absolute atomic E-state index is 12.6. The summed E-state index contributed by atoms with van der Waals surface area (Å²) in [7, 11) is -3.74. The third-order valence-corrected chi connectivity index (χ3v) is 5.69. The van der Waals surface area contributed by atoms with Gasteiger partial charge < -0.3 is 5.32 Å². The molecule has 30 heavy (non-hydrogen) atoms. The predicted octanol–water partition coefficient (Wildman–Crippen LogP) is 3.93. The summed E-state index contributed by atoms with van der Waals surface area (Å²) in [6, 6.07) is 23.9. The Hall–Kier alpha value is -3.91. The van der Waals surface area contributed by atoms with Crippen LogP contribution in [-0.4, -0.2) is 24.1 Å². The highest BCUT2D eigenvalue weighted by atomic mass is 32.2. The van der Waals surface area contributed by atoms with E-state index < -0.39 is 10.0 Å². The number of amides is 1. The van der Waals surface area contributed by atoms with Gasteiger partial charge in [-0.05, 0) is 42.5 Å². The molecule has 0 spiro atoms. The van der Waals surface area contributed by atoms with E-state index in [-0.39, 0.29) is 10.8 Å². The Kier molecular flexibility index (Phi) is 5.32. The molecule has 8 heteroatoms. The van der Waals surface area contributed by atoms with Crippen LogP contribution in [0.15, 0.2) is 102 Å². The zero-order valence-corrected chi connectivity index (χ0v) is 16.6. The zero-order chi connectivity index (χ0) is 21.0. The highest BCUT2D eigenvalue weighted by molar-refractivity contribution is 7.92. The Morgan fingerprint density at radius 2 is 1.53 bits per heavy atom. The van der Waals surface area contributed by atoms with E-state index in [1.54, 1.807) is 53.5 Å². The number of hydrogen-bond donors (Lipinski definition) is 2. The lowest BCUT2D eigenvalue weighted by molar-refractivity contribution is 0.102. The van der Waals surface area contributed by atoms with E-state index in [1.165, 1.54) is 18.2 Å². The molecule has 1 aromatic heterocycles. The molecule has 0 fully saturated rings. The van der Waals surface area contributed by atoms with Crippen LogP contribution in [0.5, 0.6) is 0 Å². The van der Waals surface area contributed by atoms with Gasteiger partial charge in [0.05, 0.1) is 28.7 Å². The maximum Gasteiger partial charge on any atom is 0.261 e. The second-order valence-corrected chi connectivity index (χ2v) is 8.15. The molecule has 1 amide bonds. The molecule has 0 saturated carbocycles. The first-order chi connectivity index (χ1) is 14.5. The smallest absolute Gasteiger partial charge is 0.261 e. The van der Waals surface area contributed by atoms with Crippen LogP contribution in [0.4, 0.5) is 11.4 Å². The Balaban J connectivity index is 1.49. The van der Waals surface area contributed by atoms with Crippen LogP contribution < -0.4 is 10.0 Å². The summed E-state index contributed by atoms with van der Waals surface area (Å²) in [5.74, 6) is -0.372. The molecule has 0 bridgehead atoms. The van der Waals surface area contributed by atoms with Gasteiger partial charge in [0.2, 0.25) is 0 Å². The van der Waals surface area contributed by atoms with Gasteiger partial charge in [-0.15, -0.1) is 0 Å². The third kappa shape index (κ3) is 4.39. The Labute approximate surface area is 174 Å². The summed E-state index contributed by atoms with van der Waals surface area (Å²) in [6.45, 7) is 0. The molecule has 0 aliphatic carbocycles. The van der Waals surface area contributed by atoms with Crippen molar-refractivity contribution in [1.29, 1.82) is 0 Å². The standard InChI is InChI=1S/C22H18N4O3S/c27-22(24-19-15-23-26(16-19)20-10-3-1-4-11-20)17-8-7-9-18(14-17)25-30(28,29)21-12-5-2-6-13-21/h1-16,25H,(H,24,27). The molecule has 3 aromatic carbocycles. The van der Waals surface area contributed by atoms with E-state index in [1.807, 2.05) is 30.3 Å². The number of nitrogens with zero attached hydrogens (tertiary/aromatic N) is 2. The predicted molar refractivity (Wildman–Crippen MR) is 115 cm³/mol. The Bertz CT molecular complexity index is 1270. The second kappa shape index (κ2) is 8.22. The first-order valence-corrected chi connectivity index (χ1v) is 10.6. The average Bonchev–Trinajstić information content (AvgIpc) is 3.23. The van der Waals surface area contributed by atoms with Crippen molar-refractivity contribution in [2.45, 2.75) is 4.90 Å². The molecule has 0 radical (unpaired) electrons. The van der Waals surface area contributed by atoms with Crippen molar-refractivity contribution in [1.82, 2.24) is 9.78 Å². The fourth-order valence-electron chi connectivity index (χ4n) is 2.85. The van der Waals surface area contributed by atoms with Crippen LogP contribution in [0.1, 0.15) is 10.4 Å². The van der Waals surface area contributed by atoms with Gasteiger partial charge in [0.15, 0.2) is 0 Å². The summed E-state index contributed by atoms with van der Waals surface area (Å²) in [5, 5.41) is 7.01. The van der Waals surface area contributed by atoms with Crippen molar-refractivity contribution in [3.8, 4) is 5.69 Å². The van der Waals surface area contributed by atoms with Gasteiger partial charge in [0, 0.05) is 11.3 Å². The number of hydrogen-bond acceptors (Lipinski definition) is 4. The molecule has 0 atom stereocenters. The molecule has 4 rings (SSSR count). The van der Waals surface area contributed by atoms with Crippen molar-refractivity contribution < 1.29 is 13.2 Å². The van der Waals surface area contributed by atoms with E-state index in [0.717, 1.165) is 5.69 Å². The van der Waals surface area contributed by atoms with Gasteiger partial charge in [-0.3, -0.25) is 9.52 Å². The number of carbonyl (C=O) groups excluding carboxylic acids is 1. The minimum Gasteiger partial charge on any atom is -0.319 e. The molecule has 1 heterocycles. The quantitative estimate of drug-likeness (QED) is 0.496. The molecule has 150 valence electrons. The number of rotatable bonds is 6. The minimum atomic E-state index is -3.74. The Morgan fingerprint density at radius 1 is 0.833 bits per heavy atom. The lowest BCUT2D eigenvalue weighted by Gasteiger charge is -2.09. The normalized spacial score (nSPS) is 11.1. The minimum absolute atomic E-state index is 0.146. The van der Waals surface area contributed by atoms with Crippen molar-refractivity contribution >= 4 is 27.3 Å². The highest BCUT2D eigenvalue weighted by Gasteiger charge is 2.15. The summed E-state index contributed by atoms with van der Waals surface area (Å²) in [6.07, 6.45) is 3.25. The number of para-hydroxylation sites is 1. The summed E-state index contributed by atoms with van der Waals surface area (Å²) in [4.78, 5) is 12.8. The third-order valence-electron chi connectivity index (χ3n) is 4.29. The first kappa shape index (κ1) is 19.4. The zero-order valence-electron chi connectivity index (χ0n) is 15.8. The van der Waals surface area contributed by atoms with Crippen molar-refractivity contribution in [3.63, 3.8) is 0 Å². The van der Waals surface area contributed by atoms with Crippen LogP contribution in [-0.2, 0) is 10.0 Å². The van der Waals surface area contributed by atoms with Gasteiger partial charge in [0.25, 0.3) is 15.9 Å². The van der Waals surface area contributed by atoms with Crippen LogP contribution >= 0.6 is 0 Å². The lowest BCUT2D eigenvalue weighted by atomic mass is 10.2. The SMILES string of the molecule is O=C(Nc1cnn(-c2ccccc2)c1)c1cccc(NS(=O)(=O)c2ccccc2)c1. The van der Waals surface area contributed by atoms with Crippen molar-refractivity contribution in [2.75, 3.05) is 10.0 Å². The van der Waals surface area contributed by atoms with Gasteiger partial charge >= 0.3 is 0 Å². The number of anilines is 2. The second-order valence-electron chi connectivity index (χ2n) is 6.46. The number of benzene rings is 3. The van der Waals surface area contributed by atoms with Crippen molar-refractivity contribution in [2.24, 2.45) is 0 Å². The topological polar surface area (TPSA) is 93.1 Å². The Morgan fingerprint density at radius 3 is 2.27 bits per heavy atom. The van der Waals surface area contributed by atoms with E-state index in [2.05, 4.69) is 15.1 Å². The molecular formula is C22H18N4O3S. The van der Waals surface area contributed by atoms with E-state index in [4.69, 9.17) is 0 Å². The van der Waals surface area contributed by atoms with Crippen LogP contribution in [0.25, 0.3) is 5.69 Å². The number of sulfonamides is 1. The summed E-state index contributed by atoms with van der Waals surface area (Å²) < 4.78 is 29.1. The fraction of sp³-hybridized carbons (Fsp3) is 0. The monoisotopic (exact) mass is 418 g/mol. The first-order valence-electron chi connectivity index (χ1n) is 9.11. The summed E-state index contributed by atoms with van der Waals surface area (Å²) in [5.41, 5.74) is 2.01. The molecule has 0 aliphatic heterocycles. The van der Waals surface area contributed by atoms with E-state index in [9.17, 15) is 13.2 Å². The molecule has 0 aliphatic rings. The molecular weight excluding hydrogens is 400 g/mol. The molecule has 4 aromatic rings. The molecule has 7 nitrogen and oxygen atoms in total. The van der Waals surface area contributed by atoms with E-state index >= 15 is 0 Å². The maximum atomic E-state index is 12.6. The van der Waals surface area contributed by atoms with E-state index in [0.29, 0.717) is 16.9 Å². The molecule has 0 unspecified atom stereocenters. The van der Waals surface area contributed by atoms with Crippen LogP contribution in [0.2, 0.25) is 0 Å². The molecule has 2 N–H and O–H groups in total. The van der Waals surface area contributed by atoms with Crippen LogP contribution in [0.3, 0.4) is 0 Å². The number of carbonyl (C=O) groups is 1. The highest BCUT2D eigenvalue weighted by Crippen LogP contribution is 2.18. The fourth-order valence-corrected chi connectivity index (χ4v) is 3.92. The lowest BCUT2D eigenvalue weighted by Crippen LogP contribution is -2.15. The van der Waals surface area contributed by atoms with Crippen LogP contribution in [0, 0.1) is 0 Å². The summed E-state index contributed by atoms with van der Waals surface area (Å²) >= 11 is 0. The molecule has 0 saturated heterocycles. The van der Waals surface area contributed by atoms with Gasteiger partial charge in [-0.25, -0.2) is 13.1 Å². The number of aromatic nitrogens is 2. The average molecular weight is 418 g/mol. The van der Waals surface area contributed by atoms with Gasteiger partial charge in [-0.2, -0.15) is 5.10 Å². The van der Waals surface area contributed by atoms with Gasteiger partial charge in [0.1, 0.15) is 0 Å².